The fraction of sp³-hybridized carbons (Fsp3) is 0.273. The summed E-state index contributed by atoms with van der Waals surface area (Å²) >= 11 is 0. The molecule has 0 aliphatic heterocycles. The van der Waals surface area contributed by atoms with Gasteiger partial charge in [0, 0.05) is 24.6 Å². The zero-order chi connectivity index (χ0) is 13.9. The van der Waals surface area contributed by atoms with E-state index < -0.39 is 11.7 Å². The summed E-state index contributed by atoms with van der Waals surface area (Å²) in [6, 6.07) is 3.61. The Bertz CT molecular complexity index is 450. The van der Waals surface area contributed by atoms with Gasteiger partial charge in [0.05, 0.1) is 11.3 Å². The van der Waals surface area contributed by atoms with Crippen molar-refractivity contribution in [3.8, 4) is 0 Å². The van der Waals surface area contributed by atoms with Crippen LogP contribution in [-0.4, -0.2) is 7.05 Å². The summed E-state index contributed by atoms with van der Waals surface area (Å²) in [5.41, 5.74) is 5.25. The Morgan fingerprint density at radius 2 is 2.00 bits per heavy atom. The third-order valence-electron chi connectivity index (χ3n) is 2.21. The third kappa shape index (κ3) is 3.30. The molecular formula is C11H15F3N4. The van der Waals surface area contributed by atoms with Crippen LogP contribution in [0.1, 0.15) is 12.5 Å². The van der Waals surface area contributed by atoms with Crippen LogP contribution in [-0.2, 0) is 6.18 Å². The SMILES string of the molecule is CNc1ccc(C(F)(F)F)c(N(N)/C=C(/C)N)c1. The van der Waals surface area contributed by atoms with Gasteiger partial charge in [-0.25, -0.2) is 5.84 Å². The molecule has 100 valence electrons. The van der Waals surface area contributed by atoms with Crippen molar-refractivity contribution in [2.75, 3.05) is 17.4 Å². The number of hydrazine groups is 1. The lowest BCUT2D eigenvalue weighted by Gasteiger charge is -2.21. The second-order valence-corrected chi connectivity index (χ2v) is 3.76. The summed E-state index contributed by atoms with van der Waals surface area (Å²) < 4.78 is 38.5. The van der Waals surface area contributed by atoms with Crippen LogP contribution in [0.5, 0.6) is 0 Å². The van der Waals surface area contributed by atoms with Gasteiger partial charge >= 0.3 is 6.18 Å². The minimum absolute atomic E-state index is 0.167. The molecule has 0 aliphatic carbocycles. The largest absolute Gasteiger partial charge is 0.418 e. The Morgan fingerprint density at radius 3 is 2.44 bits per heavy atom. The molecule has 4 nitrogen and oxygen atoms in total. The first kappa shape index (κ1) is 14.2. The van der Waals surface area contributed by atoms with Crippen LogP contribution in [0, 0.1) is 0 Å². The number of benzene rings is 1. The molecule has 0 bridgehead atoms. The van der Waals surface area contributed by atoms with Gasteiger partial charge in [-0.3, -0.25) is 5.01 Å². The molecule has 0 heterocycles. The predicted octanol–water partition coefficient (Wildman–Crippen LogP) is 2.25. The first-order chi connectivity index (χ1) is 8.25. The van der Waals surface area contributed by atoms with Crippen LogP contribution in [0.15, 0.2) is 30.1 Å². The molecular weight excluding hydrogens is 245 g/mol. The molecule has 1 aromatic rings. The van der Waals surface area contributed by atoms with E-state index in [4.69, 9.17) is 11.6 Å². The van der Waals surface area contributed by atoms with E-state index in [2.05, 4.69) is 5.32 Å². The van der Waals surface area contributed by atoms with Gasteiger partial charge in [-0.05, 0) is 25.1 Å². The van der Waals surface area contributed by atoms with Gasteiger partial charge < -0.3 is 11.1 Å². The van der Waals surface area contributed by atoms with E-state index in [9.17, 15) is 13.2 Å². The summed E-state index contributed by atoms with van der Waals surface area (Å²) in [4.78, 5) is 0. The number of nitrogens with one attached hydrogen (secondary N) is 1. The quantitative estimate of drug-likeness (QED) is 0.576. The molecule has 5 N–H and O–H groups in total. The van der Waals surface area contributed by atoms with Crippen LogP contribution in [0.25, 0.3) is 0 Å². The van der Waals surface area contributed by atoms with Crippen LogP contribution >= 0.6 is 0 Å². The average Bonchev–Trinajstić information content (AvgIpc) is 2.26. The Balaban J connectivity index is 3.33. The molecule has 0 aliphatic rings. The molecule has 1 rings (SSSR count). The molecule has 7 heteroatoms. The van der Waals surface area contributed by atoms with E-state index in [0.29, 0.717) is 11.4 Å². The second-order valence-electron chi connectivity index (χ2n) is 3.76. The van der Waals surface area contributed by atoms with E-state index in [0.717, 1.165) is 11.1 Å². The van der Waals surface area contributed by atoms with E-state index in [1.165, 1.54) is 25.3 Å². The van der Waals surface area contributed by atoms with Crippen molar-refractivity contribution < 1.29 is 13.2 Å². The maximum Gasteiger partial charge on any atom is 0.418 e. The standard InChI is InChI=1S/C11H15F3N4/c1-7(15)6-18(16)10-5-8(17-2)3-4-9(10)11(12,13)14/h3-6,17H,15-16H2,1-2H3/b7-6-. The molecule has 0 spiro atoms. The normalized spacial score (nSPS) is 12.4. The lowest BCUT2D eigenvalue weighted by Crippen LogP contribution is -2.28. The van der Waals surface area contributed by atoms with Gasteiger partial charge in [-0.1, -0.05) is 0 Å². The highest BCUT2D eigenvalue weighted by Crippen LogP contribution is 2.37. The number of anilines is 2. The molecule has 0 atom stereocenters. The number of nitrogens with zero attached hydrogens (tertiary/aromatic N) is 1. The molecule has 0 radical (unpaired) electrons. The van der Waals surface area contributed by atoms with Crippen LogP contribution in [0.4, 0.5) is 24.5 Å². The number of rotatable bonds is 3. The molecule has 0 saturated heterocycles. The Hall–Kier alpha value is -1.89. The number of hydrogen-bond donors (Lipinski definition) is 3. The van der Waals surface area contributed by atoms with Crippen molar-refractivity contribution in [3.63, 3.8) is 0 Å². The van der Waals surface area contributed by atoms with Crippen molar-refractivity contribution >= 4 is 11.4 Å². The summed E-state index contributed by atoms with van der Waals surface area (Å²) in [5.74, 6) is 5.57. The molecule has 18 heavy (non-hydrogen) atoms. The molecule has 1 aromatic carbocycles. The first-order valence-electron chi connectivity index (χ1n) is 5.12. The van der Waals surface area contributed by atoms with Gasteiger partial charge in [0.1, 0.15) is 0 Å². The number of nitrogens with two attached hydrogens (primary N) is 2. The average molecular weight is 260 g/mol. The van der Waals surface area contributed by atoms with Gasteiger partial charge in [-0.2, -0.15) is 13.2 Å². The lowest BCUT2D eigenvalue weighted by atomic mass is 10.1. The third-order valence-corrected chi connectivity index (χ3v) is 2.21. The van der Waals surface area contributed by atoms with Crippen molar-refractivity contribution in [3.05, 3.63) is 35.7 Å². The summed E-state index contributed by atoms with van der Waals surface area (Å²) in [5, 5.41) is 3.61. The van der Waals surface area contributed by atoms with E-state index in [1.54, 1.807) is 7.05 Å². The predicted molar refractivity (Wildman–Crippen MR) is 65.6 cm³/mol. The number of allylic oxidation sites excluding steroid dienone is 1. The summed E-state index contributed by atoms with van der Waals surface area (Å²) in [6.45, 7) is 1.54. The van der Waals surface area contributed by atoms with Crippen molar-refractivity contribution in [1.29, 1.82) is 0 Å². The zero-order valence-corrected chi connectivity index (χ0v) is 10.0. The number of halogens is 3. The van der Waals surface area contributed by atoms with E-state index >= 15 is 0 Å². The van der Waals surface area contributed by atoms with Gasteiger partial charge in [-0.15, -0.1) is 0 Å². The topological polar surface area (TPSA) is 67.3 Å². The maximum atomic E-state index is 12.8. The monoisotopic (exact) mass is 260 g/mol. The van der Waals surface area contributed by atoms with Gasteiger partial charge in [0.25, 0.3) is 0 Å². The highest BCUT2D eigenvalue weighted by atomic mass is 19.4. The van der Waals surface area contributed by atoms with Gasteiger partial charge in [0.15, 0.2) is 0 Å². The van der Waals surface area contributed by atoms with Crippen molar-refractivity contribution in [2.24, 2.45) is 11.6 Å². The van der Waals surface area contributed by atoms with Crippen LogP contribution in [0.2, 0.25) is 0 Å². The van der Waals surface area contributed by atoms with Crippen molar-refractivity contribution in [2.45, 2.75) is 13.1 Å². The minimum atomic E-state index is -4.48. The Kier molecular flexibility index (Phi) is 4.07. The fourth-order valence-corrected chi connectivity index (χ4v) is 1.43. The van der Waals surface area contributed by atoms with Crippen LogP contribution < -0.4 is 21.9 Å². The van der Waals surface area contributed by atoms with Crippen molar-refractivity contribution in [1.82, 2.24) is 0 Å². The second kappa shape index (κ2) is 5.18. The van der Waals surface area contributed by atoms with Crippen LogP contribution in [0.3, 0.4) is 0 Å². The van der Waals surface area contributed by atoms with Gasteiger partial charge in [0.2, 0.25) is 0 Å². The molecule has 0 amide bonds. The lowest BCUT2D eigenvalue weighted by molar-refractivity contribution is -0.137. The van der Waals surface area contributed by atoms with E-state index in [1.807, 2.05) is 0 Å². The molecule has 0 unspecified atom stereocenters. The molecule has 0 aromatic heterocycles. The molecule has 0 saturated carbocycles. The number of alkyl halides is 3. The smallest absolute Gasteiger partial charge is 0.401 e. The number of hydrogen-bond acceptors (Lipinski definition) is 4. The Morgan fingerprint density at radius 1 is 1.39 bits per heavy atom. The summed E-state index contributed by atoms with van der Waals surface area (Å²) in [7, 11) is 1.61. The fourth-order valence-electron chi connectivity index (χ4n) is 1.43. The Labute approximate surface area is 103 Å². The minimum Gasteiger partial charge on any atom is -0.401 e. The zero-order valence-electron chi connectivity index (χ0n) is 10.0. The maximum absolute atomic E-state index is 12.8. The van der Waals surface area contributed by atoms with E-state index in [-0.39, 0.29) is 5.69 Å². The summed E-state index contributed by atoms with van der Waals surface area (Å²) in [6.07, 6.45) is -3.25. The molecule has 0 fully saturated rings. The highest BCUT2D eigenvalue weighted by Gasteiger charge is 2.34. The highest BCUT2D eigenvalue weighted by molar-refractivity contribution is 5.64. The first-order valence-corrected chi connectivity index (χ1v) is 5.12.